The molecular weight excluding hydrogens is 281 g/mol. The molecule has 0 aliphatic rings. The number of carbonyl (C=O) groups excluding carboxylic acids is 1. The second-order valence-electron chi connectivity index (χ2n) is 2.78. The number of ketones is 1. The number of nitrogens with zero attached hydrogens (tertiary/aromatic N) is 1. The number of carbonyl (C=O) groups is 1. The highest BCUT2D eigenvalue weighted by Crippen LogP contribution is 2.22. The molecule has 0 radical (unpaired) electrons. The molecule has 5 heteroatoms. The molecular formula is C10H5BrFNOS. The van der Waals surface area contributed by atoms with E-state index in [1.54, 1.807) is 12.1 Å². The normalized spacial score (nSPS) is 10.3. The lowest BCUT2D eigenvalue weighted by atomic mass is 10.1. The summed E-state index contributed by atoms with van der Waals surface area (Å²) in [5.41, 5.74) is 0.0550. The smallest absolute Gasteiger partial charge is 0.224 e. The van der Waals surface area contributed by atoms with Crippen molar-refractivity contribution in [1.82, 2.24) is 4.98 Å². The Morgan fingerprint density at radius 3 is 2.73 bits per heavy atom. The Hall–Kier alpha value is -1.07. The largest absolute Gasteiger partial charge is 0.286 e. The van der Waals surface area contributed by atoms with Crippen LogP contribution in [0.15, 0.2) is 34.2 Å². The Balaban J connectivity index is 2.41. The molecule has 15 heavy (non-hydrogen) atoms. The van der Waals surface area contributed by atoms with E-state index in [1.807, 2.05) is 0 Å². The zero-order valence-corrected chi connectivity index (χ0v) is 9.81. The molecule has 0 bridgehead atoms. The van der Waals surface area contributed by atoms with E-state index in [4.69, 9.17) is 0 Å². The van der Waals surface area contributed by atoms with Gasteiger partial charge in [-0.1, -0.05) is 12.1 Å². The summed E-state index contributed by atoms with van der Waals surface area (Å²) >= 11 is 4.39. The van der Waals surface area contributed by atoms with Crippen LogP contribution in [0.3, 0.4) is 0 Å². The van der Waals surface area contributed by atoms with Crippen molar-refractivity contribution in [1.29, 1.82) is 0 Å². The van der Waals surface area contributed by atoms with Crippen LogP contribution in [0.5, 0.6) is 0 Å². The summed E-state index contributed by atoms with van der Waals surface area (Å²) in [6.45, 7) is 0. The minimum atomic E-state index is -0.520. The molecule has 2 nitrogen and oxygen atoms in total. The van der Waals surface area contributed by atoms with Crippen LogP contribution < -0.4 is 0 Å². The molecule has 0 amide bonds. The van der Waals surface area contributed by atoms with Crippen LogP contribution in [0.1, 0.15) is 15.4 Å². The van der Waals surface area contributed by atoms with Gasteiger partial charge in [0.05, 0.1) is 15.5 Å². The molecule has 1 aromatic carbocycles. The highest BCUT2D eigenvalue weighted by Gasteiger charge is 2.16. The van der Waals surface area contributed by atoms with Crippen molar-refractivity contribution in [2.45, 2.75) is 0 Å². The Morgan fingerprint density at radius 2 is 2.13 bits per heavy atom. The van der Waals surface area contributed by atoms with E-state index < -0.39 is 5.82 Å². The lowest BCUT2D eigenvalue weighted by Gasteiger charge is -1.97. The van der Waals surface area contributed by atoms with E-state index >= 15 is 0 Å². The van der Waals surface area contributed by atoms with Gasteiger partial charge in [0.1, 0.15) is 5.82 Å². The van der Waals surface area contributed by atoms with Crippen molar-refractivity contribution >= 4 is 33.0 Å². The first-order chi connectivity index (χ1) is 7.18. The van der Waals surface area contributed by atoms with Gasteiger partial charge in [-0.05, 0) is 28.1 Å². The fourth-order valence-electron chi connectivity index (χ4n) is 1.12. The van der Waals surface area contributed by atoms with Gasteiger partial charge in [-0.3, -0.25) is 4.79 Å². The first-order valence-corrected chi connectivity index (χ1v) is 5.70. The molecule has 0 N–H and O–H groups in total. The van der Waals surface area contributed by atoms with E-state index in [1.165, 1.54) is 29.7 Å². The molecule has 0 atom stereocenters. The van der Waals surface area contributed by atoms with Gasteiger partial charge < -0.3 is 0 Å². The highest BCUT2D eigenvalue weighted by molar-refractivity contribution is 9.11. The maximum atomic E-state index is 13.3. The third kappa shape index (κ3) is 2.13. The van der Waals surface area contributed by atoms with Gasteiger partial charge in [0.15, 0.2) is 5.01 Å². The fourth-order valence-corrected chi connectivity index (χ4v) is 2.28. The van der Waals surface area contributed by atoms with Crippen molar-refractivity contribution in [2.24, 2.45) is 0 Å². The van der Waals surface area contributed by atoms with E-state index in [0.717, 1.165) is 3.79 Å². The number of benzene rings is 1. The van der Waals surface area contributed by atoms with Gasteiger partial charge in [-0.25, -0.2) is 9.37 Å². The molecule has 0 saturated heterocycles. The first kappa shape index (κ1) is 10.4. The van der Waals surface area contributed by atoms with Gasteiger partial charge in [0, 0.05) is 0 Å². The molecule has 76 valence electrons. The Kier molecular flexibility index (Phi) is 2.93. The standard InChI is InChI=1S/C10H5BrFNOS/c11-8-5-13-10(15-8)9(14)6-3-1-2-4-7(6)12/h1-5H. The maximum Gasteiger partial charge on any atom is 0.224 e. The number of halogens is 2. The molecule has 0 unspecified atom stereocenters. The molecule has 1 aromatic heterocycles. The number of rotatable bonds is 2. The summed E-state index contributed by atoms with van der Waals surface area (Å²) in [5, 5.41) is 0.284. The van der Waals surface area contributed by atoms with Crippen molar-refractivity contribution < 1.29 is 9.18 Å². The molecule has 0 spiro atoms. The van der Waals surface area contributed by atoms with Crippen LogP contribution in [-0.4, -0.2) is 10.8 Å². The molecule has 1 heterocycles. The van der Waals surface area contributed by atoms with E-state index in [-0.39, 0.29) is 16.4 Å². The van der Waals surface area contributed by atoms with E-state index in [0.29, 0.717) is 0 Å². The van der Waals surface area contributed by atoms with Crippen LogP contribution in [0.4, 0.5) is 4.39 Å². The second-order valence-corrected chi connectivity index (χ2v) is 5.19. The van der Waals surface area contributed by atoms with Crippen LogP contribution in [0, 0.1) is 5.82 Å². The van der Waals surface area contributed by atoms with Gasteiger partial charge >= 0.3 is 0 Å². The summed E-state index contributed by atoms with van der Waals surface area (Å²) in [7, 11) is 0. The van der Waals surface area contributed by atoms with Crippen LogP contribution in [0.2, 0.25) is 0 Å². The van der Waals surface area contributed by atoms with Crippen LogP contribution >= 0.6 is 27.3 Å². The third-order valence-electron chi connectivity index (χ3n) is 1.79. The summed E-state index contributed by atoms with van der Waals surface area (Å²) in [6, 6.07) is 5.88. The van der Waals surface area contributed by atoms with Crippen molar-refractivity contribution in [3.05, 3.63) is 50.6 Å². The minimum Gasteiger partial charge on any atom is -0.286 e. The van der Waals surface area contributed by atoms with Crippen molar-refractivity contribution in [2.75, 3.05) is 0 Å². The molecule has 0 aliphatic carbocycles. The molecule has 0 saturated carbocycles. The zero-order chi connectivity index (χ0) is 10.8. The number of thiazole rings is 1. The number of hydrogen-bond acceptors (Lipinski definition) is 3. The van der Waals surface area contributed by atoms with Gasteiger partial charge in [-0.2, -0.15) is 0 Å². The predicted octanol–water partition coefficient (Wildman–Crippen LogP) is 3.28. The first-order valence-electron chi connectivity index (χ1n) is 4.09. The predicted molar refractivity (Wildman–Crippen MR) is 59.6 cm³/mol. The maximum absolute atomic E-state index is 13.3. The summed E-state index contributed by atoms with van der Waals surface area (Å²) in [4.78, 5) is 15.7. The average molecular weight is 286 g/mol. The van der Waals surface area contributed by atoms with E-state index in [2.05, 4.69) is 20.9 Å². The highest BCUT2D eigenvalue weighted by atomic mass is 79.9. The molecule has 2 aromatic rings. The van der Waals surface area contributed by atoms with Crippen molar-refractivity contribution in [3.8, 4) is 0 Å². The zero-order valence-electron chi connectivity index (χ0n) is 7.41. The van der Waals surface area contributed by atoms with Crippen LogP contribution in [0.25, 0.3) is 0 Å². The van der Waals surface area contributed by atoms with E-state index in [9.17, 15) is 9.18 Å². The SMILES string of the molecule is O=C(c1ncc(Br)s1)c1ccccc1F. The van der Waals surface area contributed by atoms with Gasteiger partial charge in [0.25, 0.3) is 0 Å². The van der Waals surface area contributed by atoms with Crippen LogP contribution in [-0.2, 0) is 0 Å². The fraction of sp³-hybridized carbons (Fsp3) is 0. The summed E-state index contributed by atoms with van der Waals surface area (Å²) in [5.74, 6) is -0.905. The van der Waals surface area contributed by atoms with Crippen molar-refractivity contribution in [3.63, 3.8) is 0 Å². The molecule has 0 aliphatic heterocycles. The topological polar surface area (TPSA) is 30.0 Å². The lowest BCUT2D eigenvalue weighted by Crippen LogP contribution is -2.02. The quantitative estimate of drug-likeness (QED) is 0.793. The number of hydrogen-bond donors (Lipinski definition) is 0. The summed E-state index contributed by atoms with van der Waals surface area (Å²) in [6.07, 6.45) is 1.53. The molecule has 0 fully saturated rings. The monoisotopic (exact) mass is 285 g/mol. The third-order valence-corrected chi connectivity index (χ3v) is 3.27. The minimum absolute atomic E-state index is 0.0550. The Morgan fingerprint density at radius 1 is 1.40 bits per heavy atom. The lowest BCUT2D eigenvalue weighted by molar-refractivity contribution is 0.103. The average Bonchev–Trinajstić information content (AvgIpc) is 2.65. The van der Waals surface area contributed by atoms with Gasteiger partial charge in [-0.15, -0.1) is 11.3 Å². The Labute approximate surface area is 97.9 Å². The Bertz CT molecular complexity index is 512. The van der Waals surface area contributed by atoms with Gasteiger partial charge in [0.2, 0.25) is 5.78 Å². The number of aromatic nitrogens is 1. The molecule has 2 rings (SSSR count). The second kappa shape index (κ2) is 4.20. The summed E-state index contributed by atoms with van der Waals surface area (Å²) < 4.78 is 14.0.